The first-order chi connectivity index (χ1) is 14.6. The number of nitrogens with zero attached hydrogens (tertiary/aromatic N) is 5. The minimum atomic E-state index is -5.08. The van der Waals surface area contributed by atoms with E-state index in [2.05, 4.69) is 36.9 Å². The molecule has 2 aliphatic rings. The summed E-state index contributed by atoms with van der Waals surface area (Å²) in [4.78, 5) is 26.5. The van der Waals surface area contributed by atoms with Crippen LogP contribution in [0.3, 0.4) is 0 Å². The van der Waals surface area contributed by atoms with E-state index < -0.39 is 12.1 Å². The van der Waals surface area contributed by atoms with Crippen LogP contribution in [0, 0.1) is 18.2 Å². The summed E-state index contributed by atoms with van der Waals surface area (Å²) < 4.78 is 44.8. The maximum absolute atomic E-state index is 13.1. The summed E-state index contributed by atoms with van der Waals surface area (Å²) in [5, 5.41) is 7.12. The van der Waals surface area contributed by atoms with Gasteiger partial charge in [0, 0.05) is 37.3 Å². The Morgan fingerprint density at radius 2 is 1.74 bits per heavy atom. The summed E-state index contributed by atoms with van der Waals surface area (Å²) in [6, 6.07) is 6.20. The Morgan fingerprint density at radius 1 is 1.10 bits per heavy atom. The molecule has 2 saturated heterocycles. The van der Waals surface area contributed by atoms with Crippen LogP contribution in [0.15, 0.2) is 30.6 Å². The molecule has 1 unspecified atom stereocenters. The largest absolute Gasteiger partial charge is 0.490 e. The molecular formula is C20H23F4N5O2. The highest BCUT2D eigenvalue weighted by Gasteiger charge is 2.42. The fourth-order valence-electron chi connectivity index (χ4n) is 4.02. The van der Waals surface area contributed by atoms with Crippen molar-refractivity contribution in [1.82, 2.24) is 15.0 Å². The molecule has 4 rings (SSSR count). The van der Waals surface area contributed by atoms with Crippen LogP contribution >= 0.6 is 0 Å². The molecule has 2 aromatic heterocycles. The number of anilines is 2. The van der Waals surface area contributed by atoms with Crippen LogP contribution in [-0.2, 0) is 4.79 Å². The number of aromatic nitrogens is 3. The van der Waals surface area contributed by atoms with E-state index in [1.165, 1.54) is 18.8 Å². The Kier molecular flexibility index (Phi) is 6.61. The van der Waals surface area contributed by atoms with E-state index in [1.54, 1.807) is 0 Å². The van der Waals surface area contributed by atoms with Gasteiger partial charge in [0.05, 0.1) is 12.4 Å². The number of carboxylic acid groups (broad SMARTS) is 1. The Hall–Kier alpha value is -2.98. The molecule has 2 fully saturated rings. The van der Waals surface area contributed by atoms with Crippen molar-refractivity contribution >= 4 is 17.7 Å². The number of aliphatic carboxylic acids is 1. The number of halogens is 4. The molecule has 0 saturated carbocycles. The third kappa shape index (κ3) is 5.80. The molecule has 168 valence electrons. The second-order valence-electron chi connectivity index (χ2n) is 7.84. The van der Waals surface area contributed by atoms with Gasteiger partial charge in [0.15, 0.2) is 5.82 Å². The average molecular weight is 441 g/mol. The van der Waals surface area contributed by atoms with Gasteiger partial charge in [0.1, 0.15) is 5.82 Å². The lowest BCUT2D eigenvalue weighted by atomic mass is 9.79. The highest BCUT2D eigenvalue weighted by Crippen LogP contribution is 2.40. The summed E-state index contributed by atoms with van der Waals surface area (Å²) in [6.45, 7) is 5.95. The van der Waals surface area contributed by atoms with E-state index in [-0.39, 0.29) is 11.2 Å². The molecule has 0 amide bonds. The molecule has 1 spiro atoms. The highest BCUT2D eigenvalue weighted by atomic mass is 19.4. The molecule has 2 aliphatic heterocycles. The van der Waals surface area contributed by atoms with Crippen molar-refractivity contribution < 1.29 is 27.5 Å². The lowest BCUT2D eigenvalue weighted by Crippen LogP contribution is -2.45. The number of rotatable bonds is 2. The van der Waals surface area contributed by atoms with Gasteiger partial charge in [-0.25, -0.2) is 24.1 Å². The number of alkyl halides is 3. The molecule has 7 nitrogen and oxygen atoms in total. The fraction of sp³-hybridized carbons (Fsp3) is 0.500. The quantitative estimate of drug-likeness (QED) is 0.715. The van der Waals surface area contributed by atoms with Gasteiger partial charge >= 0.3 is 12.1 Å². The molecular weight excluding hydrogens is 418 g/mol. The summed E-state index contributed by atoms with van der Waals surface area (Å²) in [6.07, 6.45) is 0.908. The Bertz CT molecular complexity index is 909. The van der Waals surface area contributed by atoms with Crippen LogP contribution < -0.4 is 9.80 Å². The molecule has 4 heterocycles. The van der Waals surface area contributed by atoms with Crippen molar-refractivity contribution in [3.63, 3.8) is 0 Å². The van der Waals surface area contributed by atoms with Gasteiger partial charge in [-0.15, -0.1) is 0 Å². The van der Waals surface area contributed by atoms with E-state index in [0.29, 0.717) is 5.95 Å². The van der Waals surface area contributed by atoms with Crippen LogP contribution in [0.5, 0.6) is 0 Å². The second-order valence-corrected chi connectivity index (χ2v) is 7.84. The standard InChI is InChI=1S/C18H22FN5.C2HF3O2/c1-14-4-2-5-16(22-14)23-9-7-18(12-23)6-3-8-24(13-18)17-20-10-15(19)11-21-17;3-2(4,5)1(6)7/h2,4-5,10-11H,3,6-9,12-13H2,1H3;(H,6,7). The average Bonchev–Trinajstić information content (AvgIpc) is 3.11. The second kappa shape index (κ2) is 9.03. The van der Waals surface area contributed by atoms with Crippen LogP contribution in [0.25, 0.3) is 0 Å². The molecule has 11 heteroatoms. The van der Waals surface area contributed by atoms with Crippen molar-refractivity contribution in [1.29, 1.82) is 0 Å². The number of piperidine rings is 1. The molecule has 0 aliphatic carbocycles. The summed E-state index contributed by atoms with van der Waals surface area (Å²) >= 11 is 0. The molecule has 1 atom stereocenters. The molecule has 0 aromatic carbocycles. The number of hydrogen-bond acceptors (Lipinski definition) is 6. The smallest absolute Gasteiger partial charge is 0.475 e. The van der Waals surface area contributed by atoms with E-state index in [9.17, 15) is 17.6 Å². The molecule has 0 bridgehead atoms. The van der Waals surface area contributed by atoms with E-state index in [1.807, 2.05) is 13.0 Å². The van der Waals surface area contributed by atoms with Gasteiger partial charge in [-0.3, -0.25) is 0 Å². The van der Waals surface area contributed by atoms with Gasteiger partial charge in [0.25, 0.3) is 0 Å². The molecule has 2 aromatic rings. The third-order valence-corrected chi connectivity index (χ3v) is 5.43. The van der Waals surface area contributed by atoms with Crippen LogP contribution in [-0.4, -0.2) is 58.4 Å². The summed E-state index contributed by atoms with van der Waals surface area (Å²) in [5.74, 6) is -1.43. The third-order valence-electron chi connectivity index (χ3n) is 5.43. The lowest BCUT2D eigenvalue weighted by molar-refractivity contribution is -0.192. The predicted octanol–water partition coefficient (Wildman–Crippen LogP) is 3.45. The summed E-state index contributed by atoms with van der Waals surface area (Å²) in [5.41, 5.74) is 1.31. The number of aryl methyl sites for hydroxylation is 1. The SMILES string of the molecule is Cc1cccc(N2CCC3(CCCN(c4ncc(F)cn4)C3)C2)n1.O=C(O)C(F)(F)F. The Morgan fingerprint density at radius 3 is 2.35 bits per heavy atom. The minimum absolute atomic E-state index is 0.251. The van der Waals surface area contributed by atoms with Crippen molar-refractivity contribution in [2.24, 2.45) is 5.41 Å². The predicted molar refractivity (Wildman–Crippen MR) is 105 cm³/mol. The fourth-order valence-corrected chi connectivity index (χ4v) is 4.02. The number of carboxylic acids is 1. The number of carbonyl (C=O) groups is 1. The van der Waals surface area contributed by atoms with E-state index >= 15 is 0 Å². The first-order valence-corrected chi connectivity index (χ1v) is 9.79. The lowest BCUT2D eigenvalue weighted by Gasteiger charge is -2.40. The van der Waals surface area contributed by atoms with Crippen molar-refractivity contribution in [2.75, 3.05) is 36.0 Å². The minimum Gasteiger partial charge on any atom is -0.475 e. The maximum atomic E-state index is 13.1. The molecule has 31 heavy (non-hydrogen) atoms. The van der Waals surface area contributed by atoms with Crippen LogP contribution in [0.1, 0.15) is 25.0 Å². The zero-order valence-electron chi connectivity index (χ0n) is 16.9. The monoisotopic (exact) mass is 441 g/mol. The van der Waals surface area contributed by atoms with Crippen molar-refractivity contribution in [3.8, 4) is 0 Å². The molecule has 0 radical (unpaired) electrons. The first-order valence-electron chi connectivity index (χ1n) is 9.79. The van der Waals surface area contributed by atoms with Gasteiger partial charge in [0.2, 0.25) is 5.95 Å². The van der Waals surface area contributed by atoms with Crippen LogP contribution in [0.4, 0.5) is 29.3 Å². The van der Waals surface area contributed by atoms with Gasteiger partial charge < -0.3 is 14.9 Å². The van der Waals surface area contributed by atoms with Crippen molar-refractivity contribution in [3.05, 3.63) is 42.1 Å². The summed E-state index contributed by atoms with van der Waals surface area (Å²) in [7, 11) is 0. The van der Waals surface area contributed by atoms with Crippen LogP contribution in [0.2, 0.25) is 0 Å². The van der Waals surface area contributed by atoms with Gasteiger partial charge in [-0.05, 0) is 38.3 Å². The zero-order chi connectivity index (χ0) is 22.6. The van der Waals surface area contributed by atoms with Gasteiger partial charge in [-0.2, -0.15) is 13.2 Å². The number of hydrogen-bond donors (Lipinski definition) is 1. The normalized spacial score (nSPS) is 21.1. The maximum Gasteiger partial charge on any atom is 0.490 e. The van der Waals surface area contributed by atoms with E-state index in [4.69, 9.17) is 9.90 Å². The van der Waals surface area contributed by atoms with E-state index in [0.717, 1.165) is 50.5 Å². The van der Waals surface area contributed by atoms with Gasteiger partial charge in [-0.1, -0.05) is 6.07 Å². The first kappa shape index (κ1) is 22.7. The molecule has 1 N–H and O–H groups in total. The zero-order valence-corrected chi connectivity index (χ0v) is 16.9. The van der Waals surface area contributed by atoms with Crippen molar-refractivity contribution in [2.45, 2.75) is 32.4 Å². The highest BCUT2D eigenvalue weighted by molar-refractivity contribution is 5.73. The Balaban J connectivity index is 0.000000339. The number of pyridine rings is 1. The topological polar surface area (TPSA) is 82.5 Å². The Labute approximate surface area is 176 Å².